The third kappa shape index (κ3) is 6.17. The molecule has 0 radical (unpaired) electrons. The van der Waals surface area contributed by atoms with Gasteiger partial charge < -0.3 is 4.23 Å². The van der Waals surface area contributed by atoms with E-state index in [1.807, 2.05) is 0 Å². The third-order valence-corrected chi connectivity index (χ3v) is 17.2. The Morgan fingerprint density at radius 3 is 1.39 bits per heavy atom. The zero-order valence-electron chi connectivity index (χ0n) is 14.5. The fourth-order valence-electron chi connectivity index (χ4n) is 2.94. The van der Waals surface area contributed by atoms with Gasteiger partial charge in [0.25, 0.3) is 0 Å². The van der Waals surface area contributed by atoms with Gasteiger partial charge in [0.2, 0.25) is 0 Å². The Morgan fingerprint density at radius 2 is 1.11 bits per heavy atom. The van der Waals surface area contributed by atoms with Crippen molar-refractivity contribution >= 4 is 24.5 Å². The molecule has 0 saturated heterocycles. The molecule has 0 rings (SSSR count). The molecule has 110 valence electrons. The van der Waals surface area contributed by atoms with Crippen LogP contribution in [0.2, 0.25) is 64.0 Å². The van der Waals surface area contributed by atoms with Crippen molar-refractivity contribution in [2.75, 3.05) is 6.54 Å². The zero-order valence-corrected chi connectivity index (χ0v) is 17.5. The Bertz CT molecular complexity index is 222. The van der Waals surface area contributed by atoms with Crippen molar-refractivity contribution in [1.29, 1.82) is 0 Å². The van der Waals surface area contributed by atoms with E-state index in [2.05, 4.69) is 63.9 Å². The Labute approximate surface area is 120 Å². The Balaban J connectivity index is 4.48. The second kappa shape index (κ2) is 6.86. The van der Waals surface area contributed by atoms with Crippen molar-refractivity contribution in [2.45, 2.75) is 84.2 Å². The summed E-state index contributed by atoms with van der Waals surface area (Å²) in [5.74, 6) is 0. The summed E-state index contributed by atoms with van der Waals surface area (Å²) < 4.78 is 2.94. The summed E-state index contributed by atoms with van der Waals surface area (Å²) in [5, 5.41) is 0. The van der Waals surface area contributed by atoms with Gasteiger partial charge in [0, 0.05) is 8.07 Å². The van der Waals surface area contributed by atoms with Gasteiger partial charge in [-0.25, -0.2) is 0 Å². The minimum absolute atomic E-state index is 0.878. The predicted octanol–water partition coefficient (Wildman–Crippen LogP) is 5.47. The minimum Gasteiger partial charge on any atom is -0.346 e. The van der Waals surface area contributed by atoms with Crippen LogP contribution in [0.25, 0.3) is 0 Å². The quantitative estimate of drug-likeness (QED) is 0.538. The van der Waals surface area contributed by atoms with Crippen LogP contribution in [0, 0.1) is 0 Å². The second-order valence-corrected chi connectivity index (χ2v) is 23.9. The van der Waals surface area contributed by atoms with Gasteiger partial charge in [-0.15, -0.1) is 0 Å². The Kier molecular flexibility index (Phi) is 7.09. The third-order valence-electron chi connectivity index (χ3n) is 4.49. The van der Waals surface area contributed by atoms with E-state index in [-0.39, 0.29) is 0 Å². The maximum atomic E-state index is 2.94. The van der Waals surface area contributed by atoms with Crippen LogP contribution in [-0.2, 0) is 0 Å². The highest BCUT2D eigenvalue weighted by Crippen LogP contribution is 2.25. The molecule has 1 nitrogen and oxygen atoms in total. The van der Waals surface area contributed by atoms with Gasteiger partial charge in [0.05, 0.1) is 0 Å². The van der Waals surface area contributed by atoms with Gasteiger partial charge in [-0.05, 0) is 13.0 Å². The molecule has 0 amide bonds. The highest BCUT2D eigenvalue weighted by atomic mass is 28.4. The number of hydrogen-bond donors (Lipinski definition) is 0. The van der Waals surface area contributed by atoms with Crippen molar-refractivity contribution in [3.63, 3.8) is 0 Å². The second-order valence-electron chi connectivity index (χ2n) is 8.11. The molecular weight excluding hydrogens is 266 g/mol. The number of nitrogens with zero attached hydrogens (tertiary/aromatic N) is 1. The summed E-state index contributed by atoms with van der Waals surface area (Å²) in [7, 11) is -3.13. The number of rotatable bonds is 8. The Hall–Kier alpha value is 0.611. The molecule has 0 atom stereocenters. The van der Waals surface area contributed by atoms with Crippen LogP contribution in [0.5, 0.6) is 0 Å². The molecule has 0 aliphatic carbocycles. The van der Waals surface area contributed by atoms with Crippen molar-refractivity contribution in [3.8, 4) is 0 Å². The smallest absolute Gasteiger partial charge is 0.112 e. The lowest BCUT2D eigenvalue weighted by Crippen LogP contribution is -2.59. The molecule has 0 unspecified atom stereocenters. The highest BCUT2D eigenvalue weighted by molar-refractivity contribution is 6.89. The van der Waals surface area contributed by atoms with E-state index in [0.717, 1.165) is 0 Å². The van der Waals surface area contributed by atoms with Crippen molar-refractivity contribution < 1.29 is 0 Å². The monoisotopic (exact) mass is 303 g/mol. The molecule has 0 bridgehead atoms. The summed E-state index contributed by atoms with van der Waals surface area (Å²) in [5.41, 5.74) is 0. The molecule has 4 heteroatoms. The summed E-state index contributed by atoms with van der Waals surface area (Å²) in [4.78, 5) is 0. The average Bonchev–Trinajstić information content (AvgIpc) is 2.20. The topological polar surface area (TPSA) is 3.24 Å². The molecule has 0 aliphatic heterocycles. The summed E-state index contributed by atoms with van der Waals surface area (Å²) in [6.07, 6.45) is 1.44. The largest absolute Gasteiger partial charge is 0.346 e. The molecule has 18 heavy (non-hydrogen) atoms. The molecule has 0 N–H and O–H groups in total. The molecule has 0 aliphatic rings. The van der Waals surface area contributed by atoms with Crippen molar-refractivity contribution in [3.05, 3.63) is 0 Å². The Morgan fingerprint density at radius 1 is 0.722 bits per heavy atom. The van der Waals surface area contributed by atoms with Gasteiger partial charge in [-0.3, -0.25) is 0 Å². The van der Waals surface area contributed by atoms with Gasteiger partial charge in [0.15, 0.2) is 0 Å². The summed E-state index contributed by atoms with van der Waals surface area (Å²) >= 11 is 0. The van der Waals surface area contributed by atoms with E-state index in [9.17, 15) is 0 Å². The van der Waals surface area contributed by atoms with Crippen LogP contribution in [0.1, 0.15) is 20.3 Å². The van der Waals surface area contributed by atoms with E-state index < -0.39 is 24.5 Å². The lowest BCUT2D eigenvalue weighted by atomic mass is 10.5. The van der Waals surface area contributed by atoms with Crippen LogP contribution in [0.15, 0.2) is 0 Å². The lowest BCUT2D eigenvalue weighted by Gasteiger charge is -2.44. The van der Waals surface area contributed by atoms with Gasteiger partial charge in [-0.2, -0.15) is 0 Å². The standard InChI is InChI=1S/C14H37NSi3/c1-10-18(9,11-2)14-12-13-15(16(3,4)5)17(6,7)8/h10-14H2,1-9H3. The highest BCUT2D eigenvalue weighted by Gasteiger charge is 2.34. The molecule has 0 aromatic carbocycles. The summed E-state index contributed by atoms with van der Waals surface area (Å²) in [6, 6.07) is 4.46. The number of hydrogen-bond acceptors (Lipinski definition) is 1. The first kappa shape index (κ1) is 18.6. The first-order chi connectivity index (χ1) is 7.96. The first-order valence-electron chi connectivity index (χ1n) is 7.74. The normalized spacial score (nSPS) is 14.3. The van der Waals surface area contributed by atoms with E-state index >= 15 is 0 Å². The van der Waals surface area contributed by atoms with Crippen LogP contribution in [-0.4, -0.2) is 35.3 Å². The lowest BCUT2D eigenvalue weighted by molar-refractivity contribution is 0.598. The van der Waals surface area contributed by atoms with Gasteiger partial charge in [0.1, 0.15) is 16.5 Å². The first-order valence-corrected chi connectivity index (χ1v) is 17.8. The molecular formula is C14H37NSi3. The average molecular weight is 304 g/mol. The zero-order chi connectivity index (χ0) is 14.6. The molecule has 0 fully saturated rings. The summed E-state index contributed by atoms with van der Waals surface area (Å²) in [6.45, 7) is 23.9. The van der Waals surface area contributed by atoms with Crippen LogP contribution >= 0.6 is 0 Å². The van der Waals surface area contributed by atoms with Crippen molar-refractivity contribution in [2.24, 2.45) is 0 Å². The SMILES string of the molecule is CC[Si](C)(CC)CCCN([Si](C)(C)C)[Si](C)(C)C. The van der Waals surface area contributed by atoms with Crippen LogP contribution in [0.3, 0.4) is 0 Å². The van der Waals surface area contributed by atoms with E-state index in [1.54, 1.807) is 0 Å². The van der Waals surface area contributed by atoms with Crippen molar-refractivity contribution in [1.82, 2.24) is 4.23 Å². The fourth-order valence-corrected chi connectivity index (χ4v) is 14.9. The van der Waals surface area contributed by atoms with E-state index in [0.29, 0.717) is 0 Å². The van der Waals surface area contributed by atoms with E-state index in [4.69, 9.17) is 0 Å². The molecule has 0 heterocycles. The maximum Gasteiger partial charge on any atom is 0.112 e. The molecule has 0 aromatic heterocycles. The molecule has 0 aromatic rings. The molecule has 0 spiro atoms. The maximum absolute atomic E-state index is 2.94. The van der Waals surface area contributed by atoms with Gasteiger partial charge >= 0.3 is 0 Å². The van der Waals surface area contributed by atoms with E-state index in [1.165, 1.54) is 31.1 Å². The van der Waals surface area contributed by atoms with Gasteiger partial charge in [-0.1, -0.05) is 77.8 Å². The molecule has 0 saturated carbocycles. The van der Waals surface area contributed by atoms with Crippen LogP contribution < -0.4 is 0 Å². The minimum atomic E-state index is -1.13. The fraction of sp³-hybridized carbons (Fsp3) is 1.00. The predicted molar refractivity (Wildman–Crippen MR) is 95.4 cm³/mol. The van der Waals surface area contributed by atoms with Crippen LogP contribution in [0.4, 0.5) is 0 Å².